The fourth-order valence-corrected chi connectivity index (χ4v) is 0.716. The van der Waals surface area contributed by atoms with E-state index >= 15 is 0 Å². The molecule has 0 aliphatic heterocycles. The van der Waals surface area contributed by atoms with Crippen molar-refractivity contribution in [2.75, 3.05) is 7.11 Å². The van der Waals surface area contributed by atoms with E-state index in [2.05, 4.69) is 6.07 Å². The molecule has 0 spiro atoms. The fourth-order valence-electron chi connectivity index (χ4n) is 0.545. The topological polar surface area (TPSA) is 9.23 Å². The molecule has 0 atom stereocenters. The van der Waals surface area contributed by atoms with Crippen LogP contribution in [0.4, 0.5) is 0 Å². The van der Waals surface area contributed by atoms with E-state index in [1.807, 2.05) is 0 Å². The van der Waals surface area contributed by atoms with Gasteiger partial charge in [-0.25, -0.2) is 0 Å². The van der Waals surface area contributed by atoms with E-state index < -0.39 is 0 Å². The summed E-state index contributed by atoms with van der Waals surface area (Å²) in [5.74, 6) is 0.763. The molecule has 0 saturated heterocycles. The van der Waals surface area contributed by atoms with Gasteiger partial charge < -0.3 is 28.7 Å². The number of benzene rings is 1. The SMILES string of the molecule is COc1cc[c-]c(Cl)c1.[I-].[Mg+2]. The summed E-state index contributed by atoms with van der Waals surface area (Å²) in [6, 6.07) is 8.02. The van der Waals surface area contributed by atoms with Crippen LogP contribution in [0.5, 0.6) is 5.75 Å². The van der Waals surface area contributed by atoms with Gasteiger partial charge in [0.2, 0.25) is 0 Å². The summed E-state index contributed by atoms with van der Waals surface area (Å²) >= 11 is 5.59. The Morgan fingerprint density at radius 2 is 2.18 bits per heavy atom. The minimum absolute atomic E-state index is 0. The number of hydrogen-bond acceptors (Lipinski definition) is 1. The Kier molecular flexibility index (Phi) is 9.72. The van der Waals surface area contributed by atoms with Crippen LogP contribution < -0.4 is 28.7 Å². The van der Waals surface area contributed by atoms with Crippen LogP contribution in [0.2, 0.25) is 5.02 Å². The molecule has 0 saturated carbocycles. The second-order valence-electron chi connectivity index (χ2n) is 1.58. The average molecular weight is 293 g/mol. The maximum Gasteiger partial charge on any atom is 2.00 e. The first-order valence-electron chi connectivity index (χ1n) is 2.54. The van der Waals surface area contributed by atoms with Gasteiger partial charge in [0.25, 0.3) is 0 Å². The Bertz CT molecular complexity index is 207. The molecule has 11 heavy (non-hydrogen) atoms. The molecule has 1 rings (SSSR count). The molecule has 1 aromatic carbocycles. The molecule has 1 aromatic rings. The Morgan fingerprint density at radius 1 is 1.55 bits per heavy atom. The molecule has 0 heterocycles. The van der Waals surface area contributed by atoms with Crippen molar-refractivity contribution in [2.24, 2.45) is 0 Å². The van der Waals surface area contributed by atoms with E-state index in [0.29, 0.717) is 5.02 Å². The largest absolute Gasteiger partial charge is 2.00 e. The third kappa shape index (κ3) is 5.11. The number of hydrogen-bond donors (Lipinski definition) is 0. The molecule has 0 amide bonds. The van der Waals surface area contributed by atoms with Crippen LogP contribution >= 0.6 is 11.6 Å². The zero-order valence-corrected chi connectivity index (χ0v) is 10.4. The van der Waals surface area contributed by atoms with Crippen molar-refractivity contribution in [1.29, 1.82) is 0 Å². The zero-order valence-electron chi connectivity index (χ0n) is 6.10. The van der Waals surface area contributed by atoms with Gasteiger partial charge in [-0.3, -0.25) is 0 Å². The third-order valence-electron chi connectivity index (χ3n) is 0.974. The first-order chi connectivity index (χ1) is 4.33. The van der Waals surface area contributed by atoms with Crippen molar-refractivity contribution in [3.05, 3.63) is 29.3 Å². The van der Waals surface area contributed by atoms with E-state index in [-0.39, 0.29) is 47.0 Å². The van der Waals surface area contributed by atoms with Crippen molar-refractivity contribution >= 4 is 34.7 Å². The molecule has 0 radical (unpaired) electrons. The fraction of sp³-hybridized carbons (Fsp3) is 0.143. The van der Waals surface area contributed by atoms with E-state index in [1.54, 1.807) is 25.3 Å². The number of halogens is 2. The predicted octanol–water partition coefficient (Wildman–Crippen LogP) is -1.23. The normalized spacial score (nSPS) is 7.45. The summed E-state index contributed by atoms with van der Waals surface area (Å²) < 4.78 is 4.89. The monoisotopic (exact) mass is 292 g/mol. The second kappa shape index (κ2) is 7.46. The van der Waals surface area contributed by atoms with E-state index in [9.17, 15) is 0 Å². The second-order valence-corrected chi connectivity index (χ2v) is 1.98. The van der Waals surface area contributed by atoms with Crippen LogP contribution in [0.3, 0.4) is 0 Å². The van der Waals surface area contributed by atoms with E-state index in [0.717, 1.165) is 5.75 Å². The number of rotatable bonds is 1. The van der Waals surface area contributed by atoms with Gasteiger partial charge in [0, 0.05) is 5.75 Å². The van der Waals surface area contributed by atoms with Gasteiger partial charge in [-0.05, 0) is 0 Å². The van der Waals surface area contributed by atoms with Gasteiger partial charge in [0.05, 0.1) is 7.11 Å². The molecule has 0 fully saturated rings. The van der Waals surface area contributed by atoms with Gasteiger partial charge >= 0.3 is 23.1 Å². The first-order valence-corrected chi connectivity index (χ1v) is 2.92. The number of methoxy groups -OCH3 is 1. The summed E-state index contributed by atoms with van der Waals surface area (Å²) in [5.41, 5.74) is 0. The molecule has 0 bridgehead atoms. The molecule has 4 heteroatoms. The Labute approximate surface area is 105 Å². The van der Waals surface area contributed by atoms with Crippen LogP contribution in [0.25, 0.3) is 0 Å². The molecule has 0 aliphatic carbocycles. The quantitative estimate of drug-likeness (QED) is 0.358. The van der Waals surface area contributed by atoms with Gasteiger partial charge in [-0.1, -0.05) is 5.02 Å². The molecule has 0 aliphatic rings. The van der Waals surface area contributed by atoms with Gasteiger partial charge in [-0.15, -0.1) is 23.7 Å². The maximum absolute atomic E-state index is 5.59. The van der Waals surface area contributed by atoms with Gasteiger partial charge in [-0.2, -0.15) is 12.1 Å². The summed E-state index contributed by atoms with van der Waals surface area (Å²) in [6.45, 7) is 0. The standard InChI is InChI=1S/C7H6ClO.HI.Mg/c1-9-7-4-2-3-6(8)5-7;;/h2,4-5H,1H3;1H;/q-1;;+2/p-1. The molecule has 0 aromatic heterocycles. The molecular weight excluding hydrogens is 287 g/mol. The van der Waals surface area contributed by atoms with Crippen LogP contribution in [0.1, 0.15) is 0 Å². The number of ether oxygens (including phenoxy) is 1. The van der Waals surface area contributed by atoms with Crippen molar-refractivity contribution in [1.82, 2.24) is 0 Å². The maximum atomic E-state index is 5.59. The van der Waals surface area contributed by atoms with E-state index in [1.165, 1.54) is 0 Å². The van der Waals surface area contributed by atoms with Crippen LogP contribution in [-0.4, -0.2) is 30.2 Å². The van der Waals surface area contributed by atoms with Crippen molar-refractivity contribution in [2.45, 2.75) is 0 Å². The molecule has 1 nitrogen and oxygen atoms in total. The van der Waals surface area contributed by atoms with Crippen LogP contribution in [-0.2, 0) is 0 Å². The smallest absolute Gasteiger partial charge is 1.00 e. The van der Waals surface area contributed by atoms with Gasteiger partial charge in [0.1, 0.15) is 0 Å². The van der Waals surface area contributed by atoms with Gasteiger partial charge in [0.15, 0.2) is 0 Å². The Morgan fingerprint density at radius 3 is 2.55 bits per heavy atom. The molecule has 0 unspecified atom stereocenters. The predicted molar refractivity (Wildman–Crippen MR) is 42.6 cm³/mol. The third-order valence-corrected chi connectivity index (χ3v) is 1.19. The molecule has 0 N–H and O–H groups in total. The Hall–Kier alpha value is 0.806. The van der Waals surface area contributed by atoms with Crippen molar-refractivity contribution < 1.29 is 28.7 Å². The van der Waals surface area contributed by atoms with E-state index in [4.69, 9.17) is 16.3 Å². The zero-order chi connectivity index (χ0) is 6.69. The first kappa shape index (κ1) is 14.3. The van der Waals surface area contributed by atoms with Crippen molar-refractivity contribution in [3.8, 4) is 5.75 Å². The summed E-state index contributed by atoms with van der Waals surface area (Å²) in [6.07, 6.45) is 0. The summed E-state index contributed by atoms with van der Waals surface area (Å²) in [5, 5.41) is 0.578. The Balaban J connectivity index is 0. The summed E-state index contributed by atoms with van der Waals surface area (Å²) in [4.78, 5) is 0. The minimum Gasteiger partial charge on any atom is -1.00 e. The molecular formula is C7H6ClIMgO. The summed E-state index contributed by atoms with van der Waals surface area (Å²) in [7, 11) is 1.60. The van der Waals surface area contributed by atoms with Crippen LogP contribution in [0, 0.1) is 6.07 Å². The minimum atomic E-state index is 0. The molecule has 56 valence electrons. The van der Waals surface area contributed by atoms with Crippen LogP contribution in [0.15, 0.2) is 18.2 Å². The van der Waals surface area contributed by atoms with Crippen molar-refractivity contribution in [3.63, 3.8) is 0 Å². The average Bonchev–Trinajstić information content (AvgIpc) is 1.88.